The number of carbonyl (C=O) groups excluding carboxylic acids is 1. The van der Waals surface area contributed by atoms with Crippen LogP contribution in [0.4, 0.5) is 0 Å². The Bertz CT molecular complexity index is 1360. The third kappa shape index (κ3) is 3.88. The van der Waals surface area contributed by atoms with Gasteiger partial charge in [-0.2, -0.15) is 0 Å². The van der Waals surface area contributed by atoms with Crippen LogP contribution < -0.4 is 0 Å². The lowest BCUT2D eigenvalue weighted by Crippen LogP contribution is -2.06. The first-order valence-corrected chi connectivity index (χ1v) is 10.3. The summed E-state index contributed by atoms with van der Waals surface area (Å²) in [5, 5.41) is 14.2. The number of ether oxygens (including phenoxy) is 1. The maximum atomic E-state index is 12.4. The molecule has 5 rings (SSSR count). The predicted octanol–water partition coefficient (Wildman–Crippen LogP) is 3.97. The lowest BCUT2D eigenvalue weighted by Gasteiger charge is -1.99. The van der Waals surface area contributed by atoms with Gasteiger partial charge in [0.05, 0.1) is 0 Å². The number of carbonyl (C=O) groups is 1. The zero-order valence-electron chi connectivity index (χ0n) is 16.6. The van der Waals surface area contributed by atoms with Crippen molar-refractivity contribution < 1.29 is 18.5 Å². The molecule has 0 saturated heterocycles. The summed E-state index contributed by atoms with van der Waals surface area (Å²) in [5.41, 5.74) is 2.19. The van der Waals surface area contributed by atoms with Crippen molar-refractivity contribution in [3.8, 4) is 33.5 Å². The van der Waals surface area contributed by atoms with E-state index < -0.39 is 5.97 Å². The molecule has 158 valence electrons. The van der Waals surface area contributed by atoms with E-state index in [2.05, 4.69) is 30.3 Å². The van der Waals surface area contributed by atoms with E-state index in [1.807, 2.05) is 30.3 Å². The highest BCUT2D eigenvalue weighted by Gasteiger charge is 2.22. The summed E-state index contributed by atoms with van der Waals surface area (Å²) in [5.74, 6) is 0.723. The average Bonchev–Trinajstić information content (AvgIpc) is 3.58. The molecule has 5 aromatic rings. The van der Waals surface area contributed by atoms with E-state index in [-0.39, 0.29) is 24.1 Å². The minimum atomic E-state index is -0.616. The van der Waals surface area contributed by atoms with Crippen molar-refractivity contribution in [3.05, 3.63) is 71.5 Å². The molecule has 32 heavy (non-hydrogen) atoms. The van der Waals surface area contributed by atoms with Crippen LogP contribution in [-0.2, 0) is 11.3 Å². The molecule has 1 aromatic carbocycles. The molecule has 0 saturated carbocycles. The van der Waals surface area contributed by atoms with Gasteiger partial charge in [0.1, 0.15) is 17.0 Å². The van der Waals surface area contributed by atoms with Gasteiger partial charge in [-0.25, -0.2) is 19.7 Å². The van der Waals surface area contributed by atoms with Gasteiger partial charge in [-0.15, -0.1) is 21.5 Å². The molecule has 0 bridgehead atoms. The van der Waals surface area contributed by atoms with Gasteiger partial charge in [0.15, 0.2) is 23.1 Å². The van der Waals surface area contributed by atoms with Crippen molar-refractivity contribution in [3.63, 3.8) is 0 Å². The van der Waals surface area contributed by atoms with Crippen LogP contribution in [0, 0.1) is 6.92 Å². The number of hydrogen-bond acceptors (Lipinski definition) is 11. The monoisotopic (exact) mass is 446 g/mol. The molecule has 4 aromatic heterocycles. The molecule has 0 spiro atoms. The predicted molar refractivity (Wildman–Crippen MR) is 112 cm³/mol. The van der Waals surface area contributed by atoms with Crippen molar-refractivity contribution in [2.24, 2.45) is 0 Å². The van der Waals surface area contributed by atoms with Crippen LogP contribution >= 0.6 is 11.3 Å². The van der Waals surface area contributed by atoms with Gasteiger partial charge < -0.3 is 13.7 Å². The standard InChI is InChI=1S/C21H14N6O4S/c1-12-16(17(27-31-12)13-6-3-2-4-7-13)19-26-25-15(30-19)10-29-21(28)14-11-32-20(24-14)18-22-8-5-9-23-18/h2-9,11H,10H2,1H3. The summed E-state index contributed by atoms with van der Waals surface area (Å²) in [6, 6.07) is 11.2. The zero-order chi connectivity index (χ0) is 21.9. The van der Waals surface area contributed by atoms with Gasteiger partial charge in [-0.05, 0) is 13.0 Å². The normalized spacial score (nSPS) is 10.9. The fourth-order valence-electron chi connectivity index (χ4n) is 2.91. The molecule has 0 N–H and O–H groups in total. The van der Waals surface area contributed by atoms with E-state index >= 15 is 0 Å². The summed E-state index contributed by atoms with van der Waals surface area (Å²) in [6.07, 6.45) is 3.21. The van der Waals surface area contributed by atoms with Crippen LogP contribution in [-0.4, -0.2) is 36.3 Å². The van der Waals surface area contributed by atoms with Crippen molar-refractivity contribution in [2.45, 2.75) is 13.5 Å². The summed E-state index contributed by atoms with van der Waals surface area (Å²) in [6.45, 7) is 1.56. The molecule has 0 radical (unpaired) electrons. The molecule has 11 heteroatoms. The summed E-state index contributed by atoms with van der Waals surface area (Å²) < 4.78 is 16.3. The minimum Gasteiger partial charge on any atom is -0.451 e. The molecule has 0 aliphatic carbocycles. The second kappa shape index (κ2) is 8.47. The van der Waals surface area contributed by atoms with Crippen molar-refractivity contribution in [2.75, 3.05) is 0 Å². The lowest BCUT2D eigenvalue weighted by molar-refractivity contribution is 0.0432. The molecule has 0 aliphatic rings. The van der Waals surface area contributed by atoms with E-state index in [0.717, 1.165) is 5.56 Å². The fraction of sp³-hybridized carbons (Fsp3) is 0.0952. The van der Waals surface area contributed by atoms with Crippen LogP contribution in [0.1, 0.15) is 22.1 Å². The Balaban J connectivity index is 1.30. The summed E-state index contributed by atoms with van der Waals surface area (Å²) in [4.78, 5) is 24.8. The highest BCUT2D eigenvalue weighted by atomic mass is 32.1. The van der Waals surface area contributed by atoms with Gasteiger partial charge >= 0.3 is 5.97 Å². The third-order valence-corrected chi connectivity index (χ3v) is 5.23. The van der Waals surface area contributed by atoms with Crippen LogP contribution in [0.25, 0.3) is 33.5 Å². The van der Waals surface area contributed by atoms with E-state index in [1.54, 1.807) is 30.8 Å². The van der Waals surface area contributed by atoms with Crippen molar-refractivity contribution in [1.29, 1.82) is 0 Å². The molecule has 0 aliphatic heterocycles. The van der Waals surface area contributed by atoms with Gasteiger partial charge in [-0.1, -0.05) is 35.5 Å². The molecule has 0 amide bonds. The molecule has 0 fully saturated rings. The highest BCUT2D eigenvalue weighted by molar-refractivity contribution is 7.13. The third-order valence-electron chi connectivity index (χ3n) is 4.39. The maximum absolute atomic E-state index is 12.4. The first kappa shape index (κ1) is 19.7. The number of esters is 1. The topological polar surface area (TPSA) is 130 Å². The molecule has 4 heterocycles. The smallest absolute Gasteiger partial charge is 0.358 e. The van der Waals surface area contributed by atoms with Gasteiger partial charge in [0.25, 0.3) is 11.8 Å². The summed E-state index contributed by atoms with van der Waals surface area (Å²) in [7, 11) is 0. The quantitative estimate of drug-likeness (QED) is 0.353. The largest absolute Gasteiger partial charge is 0.451 e. The molecule has 10 nitrogen and oxygen atoms in total. The summed E-state index contributed by atoms with van der Waals surface area (Å²) >= 11 is 1.25. The second-order valence-electron chi connectivity index (χ2n) is 6.52. The first-order chi connectivity index (χ1) is 15.7. The SMILES string of the molecule is Cc1onc(-c2ccccc2)c1-c1nnc(COC(=O)c2csc(-c3ncccn3)n2)o1. The van der Waals surface area contributed by atoms with Gasteiger partial charge in [-0.3, -0.25) is 0 Å². The number of nitrogens with zero attached hydrogens (tertiary/aromatic N) is 6. The number of aryl methyl sites for hydroxylation is 1. The Hall–Kier alpha value is -4.25. The minimum absolute atomic E-state index is 0.134. The number of benzene rings is 1. The molecule has 0 unspecified atom stereocenters. The average molecular weight is 446 g/mol. The number of thiazole rings is 1. The molecular formula is C21H14N6O4S. The van der Waals surface area contributed by atoms with E-state index in [1.165, 1.54) is 11.3 Å². The van der Waals surface area contributed by atoms with Crippen LogP contribution in [0.5, 0.6) is 0 Å². The zero-order valence-corrected chi connectivity index (χ0v) is 17.4. The molecular weight excluding hydrogens is 432 g/mol. The highest BCUT2D eigenvalue weighted by Crippen LogP contribution is 2.33. The second-order valence-corrected chi connectivity index (χ2v) is 7.37. The van der Waals surface area contributed by atoms with E-state index in [0.29, 0.717) is 27.8 Å². The Kier molecular flexibility index (Phi) is 5.22. The van der Waals surface area contributed by atoms with Crippen LogP contribution in [0.2, 0.25) is 0 Å². The number of aromatic nitrogens is 6. The Morgan fingerprint density at radius 1 is 1.09 bits per heavy atom. The van der Waals surface area contributed by atoms with Crippen LogP contribution in [0.15, 0.2) is 63.1 Å². The van der Waals surface area contributed by atoms with Crippen LogP contribution in [0.3, 0.4) is 0 Å². The Labute approximate surface area is 184 Å². The number of hydrogen-bond donors (Lipinski definition) is 0. The van der Waals surface area contributed by atoms with E-state index in [4.69, 9.17) is 13.7 Å². The van der Waals surface area contributed by atoms with Crippen molar-refractivity contribution >= 4 is 17.3 Å². The lowest BCUT2D eigenvalue weighted by atomic mass is 10.1. The Morgan fingerprint density at radius 2 is 1.91 bits per heavy atom. The Morgan fingerprint density at radius 3 is 2.72 bits per heavy atom. The van der Waals surface area contributed by atoms with Crippen molar-refractivity contribution in [1.82, 2.24) is 30.3 Å². The first-order valence-electron chi connectivity index (χ1n) is 9.43. The van der Waals surface area contributed by atoms with Gasteiger partial charge in [0.2, 0.25) is 0 Å². The maximum Gasteiger partial charge on any atom is 0.358 e. The van der Waals surface area contributed by atoms with E-state index in [9.17, 15) is 4.79 Å². The molecule has 0 atom stereocenters. The fourth-order valence-corrected chi connectivity index (χ4v) is 3.65. The number of rotatable bonds is 6. The van der Waals surface area contributed by atoms with Gasteiger partial charge in [0, 0.05) is 23.3 Å².